The number of aryl methyl sites for hydroxylation is 1. The largest absolute Gasteiger partial charge is 0.497 e. The minimum Gasteiger partial charge on any atom is -0.497 e. The summed E-state index contributed by atoms with van der Waals surface area (Å²) >= 11 is 13.3. The Morgan fingerprint density at radius 3 is 2.47 bits per heavy atom. The number of nitrogens with one attached hydrogen (secondary N) is 1. The Hall–Kier alpha value is -4.27. The van der Waals surface area contributed by atoms with Crippen LogP contribution >= 0.6 is 23.2 Å². The maximum absolute atomic E-state index is 14.5. The monoisotopic (exact) mass is 647 g/mol. The molecule has 2 heterocycles. The second-order valence-corrected chi connectivity index (χ2v) is 11.9. The van der Waals surface area contributed by atoms with Gasteiger partial charge < -0.3 is 24.3 Å². The molecule has 1 aromatic heterocycles. The molecule has 0 bridgehead atoms. The van der Waals surface area contributed by atoms with E-state index in [1.165, 1.54) is 0 Å². The van der Waals surface area contributed by atoms with Gasteiger partial charge in [0.15, 0.2) is 0 Å². The van der Waals surface area contributed by atoms with E-state index in [0.29, 0.717) is 69.9 Å². The van der Waals surface area contributed by atoms with Crippen molar-refractivity contribution in [3.63, 3.8) is 0 Å². The van der Waals surface area contributed by atoms with Crippen LogP contribution in [-0.2, 0) is 23.2 Å². The zero-order valence-corrected chi connectivity index (χ0v) is 27.2. The Kier molecular flexibility index (Phi) is 9.56. The second-order valence-electron chi connectivity index (χ2n) is 11.1. The van der Waals surface area contributed by atoms with Crippen LogP contribution < -0.4 is 19.9 Å². The molecular formula is C35H35Cl2N3O5. The number of aromatic amines is 1. The first-order valence-corrected chi connectivity index (χ1v) is 15.5. The Morgan fingerprint density at radius 2 is 1.76 bits per heavy atom. The molecule has 0 aliphatic carbocycles. The normalized spacial score (nSPS) is 15.6. The number of aromatic nitrogens is 1. The van der Waals surface area contributed by atoms with Crippen LogP contribution in [0.5, 0.6) is 11.5 Å². The van der Waals surface area contributed by atoms with Crippen molar-refractivity contribution >= 4 is 40.7 Å². The summed E-state index contributed by atoms with van der Waals surface area (Å²) in [4.78, 5) is 46.0. The minimum absolute atomic E-state index is 0.149. The molecule has 5 rings (SSSR count). The topological polar surface area (TPSA) is 91.9 Å². The van der Waals surface area contributed by atoms with Gasteiger partial charge in [-0.05, 0) is 98.0 Å². The summed E-state index contributed by atoms with van der Waals surface area (Å²) in [6, 6.07) is 19.4. The summed E-state index contributed by atoms with van der Waals surface area (Å²) in [5.41, 5.74) is 2.70. The summed E-state index contributed by atoms with van der Waals surface area (Å²) in [6.45, 7) is 4.99. The van der Waals surface area contributed by atoms with E-state index in [-0.39, 0.29) is 23.9 Å². The van der Waals surface area contributed by atoms with E-state index >= 15 is 0 Å². The third kappa shape index (κ3) is 6.30. The van der Waals surface area contributed by atoms with Crippen molar-refractivity contribution in [2.24, 2.45) is 0 Å². The van der Waals surface area contributed by atoms with Crippen LogP contribution in [0.3, 0.4) is 0 Å². The number of carbonyl (C=O) groups is 2. The van der Waals surface area contributed by atoms with Crippen molar-refractivity contribution in [2.45, 2.75) is 38.6 Å². The van der Waals surface area contributed by atoms with E-state index in [9.17, 15) is 14.4 Å². The van der Waals surface area contributed by atoms with Crippen molar-refractivity contribution in [3.05, 3.63) is 121 Å². The van der Waals surface area contributed by atoms with E-state index in [1.54, 1.807) is 72.7 Å². The molecule has 1 aliphatic rings. The van der Waals surface area contributed by atoms with Gasteiger partial charge in [-0.1, -0.05) is 23.2 Å². The number of amides is 2. The van der Waals surface area contributed by atoms with Crippen LogP contribution in [0.25, 0.3) is 0 Å². The van der Waals surface area contributed by atoms with Gasteiger partial charge in [0.25, 0.3) is 5.91 Å². The number of hydrogen-bond acceptors (Lipinski definition) is 5. The fourth-order valence-corrected chi connectivity index (χ4v) is 6.43. The number of halogens is 2. The first-order valence-electron chi connectivity index (χ1n) is 14.7. The van der Waals surface area contributed by atoms with Crippen LogP contribution in [0.1, 0.15) is 52.9 Å². The number of methoxy groups -OCH3 is 2. The molecule has 1 N–H and O–H groups in total. The van der Waals surface area contributed by atoms with Crippen LogP contribution in [0.2, 0.25) is 10.0 Å². The Bertz CT molecular complexity index is 1810. The third-order valence-electron chi connectivity index (χ3n) is 8.44. The van der Waals surface area contributed by atoms with Crippen molar-refractivity contribution < 1.29 is 19.1 Å². The summed E-state index contributed by atoms with van der Waals surface area (Å²) in [6.07, 6.45) is 2.98. The number of hydrogen-bond donors (Lipinski definition) is 1. The SMILES string of the molecule is CCN(CCCc1cc[nH]c(=O)c1)C(=O)c1ccc(Cl)c(C2(C)C(=O)N(Cc3ccc(OC)cc3OC)c3ccc(Cl)cc32)c1. The van der Waals surface area contributed by atoms with Crippen molar-refractivity contribution in [1.82, 2.24) is 9.88 Å². The van der Waals surface area contributed by atoms with E-state index in [1.807, 2.05) is 38.1 Å². The average Bonchev–Trinajstić information content (AvgIpc) is 3.24. The Morgan fingerprint density at radius 1 is 0.956 bits per heavy atom. The van der Waals surface area contributed by atoms with Crippen molar-refractivity contribution in [3.8, 4) is 11.5 Å². The van der Waals surface area contributed by atoms with Gasteiger partial charge in [0.1, 0.15) is 16.9 Å². The lowest BCUT2D eigenvalue weighted by molar-refractivity contribution is -0.121. The van der Waals surface area contributed by atoms with E-state index in [4.69, 9.17) is 32.7 Å². The number of benzene rings is 3. The summed E-state index contributed by atoms with van der Waals surface area (Å²) in [5.74, 6) is 0.872. The molecule has 45 heavy (non-hydrogen) atoms. The maximum atomic E-state index is 14.5. The first-order chi connectivity index (χ1) is 21.6. The molecule has 1 atom stereocenters. The van der Waals surface area contributed by atoms with E-state index in [2.05, 4.69) is 4.98 Å². The molecule has 0 fully saturated rings. The van der Waals surface area contributed by atoms with Crippen LogP contribution in [0.4, 0.5) is 5.69 Å². The van der Waals surface area contributed by atoms with Gasteiger partial charge >= 0.3 is 0 Å². The van der Waals surface area contributed by atoms with Crippen LogP contribution in [0.15, 0.2) is 77.7 Å². The summed E-state index contributed by atoms with van der Waals surface area (Å²) < 4.78 is 11.0. The fourth-order valence-electron chi connectivity index (χ4n) is 5.95. The first kappa shape index (κ1) is 32.1. The van der Waals surface area contributed by atoms with Gasteiger partial charge in [0.2, 0.25) is 11.5 Å². The smallest absolute Gasteiger partial charge is 0.253 e. The van der Waals surface area contributed by atoms with Gasteiger partial charge in [-0.2, -0.15) is 0 Å². The molecule has 1 unspecified atom stereocenters. The molecule has 4 aromatic rings. The minimum atomic E-state index is -1.22. The highest BCUT2D eigenvalue weighted by molar-refractivity contribution is 6.33. The van der Waals surface area contributed by atoms with Gasteiger partial charge in [0.05, 0.1) is 20.8 Å². The molecule has 10 heteroatoms. The van der Waals surface area contributed by atoms with Gasteiger partial charge in [-0.15, -0.1) is 0 Å². The number of ether oxygens (including phenoxy) is 2. The zero-order chi connectivity index (χ0) is 32.3. The molecule has 3 aromatic carbocycles. The third-order valence-corrected chi connectivity index (χ3v) is 9.00. The Labute approximate surface area is 272 Å². The van der Waals surface area contributed by atoms with Crippen molar-refractivity contribution in [2.75, 3.05) is 32.2 Å². The number of pyridine rings is 1. The highest BCUT2D eigenvalue weighted by Crippen LogP contribution is 2.49. The van der Waals surface area contributed by atoms with Crippen LogP contribution in [0, 0.1) is 0 Å². The standard InChI is InChI=1S/C35H35Cl2N3O5/c1-5-39(16-6-7-22-14-15-38-32(41)17-22)33(42)23-9-12-29(37)27(18-23)35(2)28-19-25(36)10-13-30(28)40(34(35)43)21-24-8-11-26(44-3)20-31(24)45-4/h8-15,17-20H,5-7,16,21H2,1-4H3,(H,38,41). The number of anilines is 1. The van der Waals surface area contributed by atoms with Gasteiger partial charge in [0, 0.05) is 58.3 Å². The van der Waals surface area contributed by atoms with Gasteiger partial charge in [-0.3, -0.25) is 14.4 Å². The molecule has 0 saturated heterocycles. The van der Waals surface area contributed by atoms with E-state index < -0.39 is 5.41 Å². The second kappa shape index (κ2) is 13.4. The highest BCUT2D eigenvalue weighted by atomic mass is 35.5. The summed E-state index contributed by atoms with van der Waals surface area (Å²) in [7, 11) is 3.16. The van der Waals surface area contributed by atoms with Crippen molar-refractivity contribution in [1.29, 1.82) is 0 Å². The molecule has 8 nitrogen and oxygen atoms in total. The number of rotatable bonds is 11. The fraction of sp³-hybridized carbons (Fsp3) is 0.286. The number of nitrogens with zero attached hydrogens (tertiary/aromatic N) is 2. The predicted octanol–water partition coefficient (Wildman–Crippen LogP) is 6.65. The van der Waals surface area contributed by atoms with Crippen LogP contribution in [-0.4, -0.2) is 49.0 Å². The number of fused-ring (bicyclic) bond motifs is 1. The molecule has 0 saturated carbocycles. The zero-order valence-electron chi connectivity index (χ0n) is 25.7. The molecular weight excluding hydrogens is 613 g/mol. The molecule has 1 aliphatic heterocycles. The average molecular weight is 649 g/mol. The quantitative estimate of drug-likeness (QED) is 0.197. The molecule has 0 spiro atoms. The lowest BCUT2D eigenvalue weighted by Crippen LogP contribution is -2.39. The molecule has 234 valence electrons. The lowest BCUT2D eigenvalue weighted by atomic mass is 9.76. The molecule has 0 radical (unpaired) electrons. The summed E-state index contributed by atoms with van der Waals surface area (Å²) in [5, 5.41) is 0.854. The number of H-pyrrole nitrogens is 1. The maximum Gasteiger partial charge on any atom is 0.253 e. The highest BCUT2D eigenvalue weighted by Gasteiger charge is 2.50. The lowest BCUT2D eigenvalue weighted by Gasteiger charge is -2.28. The number of carbonyl (C=O) groups excluding carboxylic acids is 2. The predicted molar refractivity (Wildman–Crippen MR) is 177 cm³/mol. The van der Waals surface area contributed by atoms with E-state index in [0.717, 1.165) is 11.1 Å². The van der Waals surface area contributed by atoms with Gasteiger partial charge in [-0.25, -0.2) is 0 Å². The molecule has 2 amide bonds. The Balaban J connectivity index is 1.47.